The Labute approximate surface area is 59.4 Å². The van der Waals surface area contributed by atoms with Crippen molar-refractivity contribution in [3.63, 3.8) is 0 Å². The molecule has 3 heteroatoms. The molecule has 1 unspecified atom stereocenters. The lowest BCUT2D eigenvalue weighted by Crippen LogP contribution is -2.07. The molecule has 0 aromatic carbocycles. The van der Waals surface area contributed by atoms with Crippen LogP contribution in [0.15, 0.2) is 0 Å². The zero-order valence-electron chi connectivity index (χ0n) is 3.19. The van der Waals surface area contributed by atoms with Crippen molar-refractivity contribution < 1.29 is 5.11 Å². The second-order valence-electron chi connectivity index (χ2n) is 0.962. The summed E-state index contributed by atoms with van der Waals surface area (Å²) in [6, 6.07) is 0. The summed E-state index contributed by atoms with van der Waals surface area (Å²) >= 11 is 5.25. The van der Waals surface area contributed by atoms with Gasteiger partial charge in [-0.3, -0.25) is 0 Å². The second-order valence-corrected chi connectivity index (χ2v) is 2.49. The third-order valence-electron chi connectivity index (χ3n) is 0.356. The van der Waals surface area contributed by atoms with Gasteiger partial charge in [0.25, 0.3) is 0 Å². The van der Waals surface area contributed by atoms with E-state index < -0.39 is 0 Å². The number of alkyl halides is 2. The topological polar surface area (TPSA) is 20.2 Å². The number of aliphatic hydroxyl groups is 1. The first kappa shape index (κ1) is 7.17. The van der Waals surface area contributed by atoms with Gasteiger partial charge in [0.05, 0.1) is 6.10 Å². The van der Waals surface area contributed by atoms with Crippen molar-refractivity contribution in [2.45, 2.75) is 6.10 Å². The van der Waals surface area contributed by atoms with Crippen LogP contribution >= 0.6 is 38.5 Å². The molecule has 0 fully saturated rings. The molecule has 0 saturated heterocycles. The van der Waals surface area contributed by atoms with Crippen molar-refractivity contribution in [3.8, 4) is 0 Å². The second kappa shape index (κ2) is 4.33. The minimum atomic E-state index is -0.161. The van der Waals surface area contributed by atoms with E-state index in [0.29, 0.717) is 5.33 Å². The summed E-state index contributed by atoms with van der Waals surface area (Å²) < 4.78 is 0.809. The van der Waals surface area contributed by atoms with Crippen LogP contribution < -0.4 is 0 Å². The zero-order chi connectivity index (χ0) is 4.99. The van der Waals surface area contributed by atoms with E-state index >= 15 is 0 Å². The average Bonchev–Trinajstić information content (AvgIpc) is 1.65. The third-order valence-corrected chi connectivity index (χ3v) is 2.12. The maximum Gasteiger partial charge on any atom is 0.0726 e. The monoisotopic (exact) mass is 264 g/mol. The van der Waals surface area contributed by atoms with Gasteiger partial charge in [-0.15, -0.1) is 0 Å². The molecule has 1 N–H and O–H groups in total. The molecule has 0 aliphatic carbocycles. The van der Waals surface area contributed by atoms with Crippen LogP contribution in [0.25, 0.3) is 0 Å². The van der Waals surface area contributed by atoms with Crippen LogP contribution in [0.3, 0.4) is 0 Å². The Bertz CT molecular complexity index is 30.0. The molecule has 0 rings (SSSR count). The summed E-state index contributed by atoms with van der Waals surface area (Å²) in [5.74, 6) is 0. The SMILES string of the molecule is OC(CBr)CI. The normalized spacial score (nSPS) is 14.5. The molecule has 0 saturated carbocycles. The maximum atomic E-state index is 8.61. The van der Waals surface area contributed by atoms with Crippen LogP contribution in [0.1, 0.15) is 0 Å². The molecule has 1 nitrogen and oxygen atoms in total. The molecule has 0 amide bonds. The fourth-order valence-electron chi connectivity index (χ4n) is 0.0412. The average molecular weight is 265 g/mol. The van der Waals surface area contributed by atoms with Crippen molar-refractivity contribution in [3.05, 3.63) is 0 Å². The Kier molecular flexibility index (Phi) is 5.18. The predicted molar refractivity (Wildman–Crippen MR) is 38.7 cm³/mol. The summed E-state index contributed by atoms with van der Waals surface area (Å²) in [5, 5.41) is 9.30. The smallest absolute Gasteiger partial charge is 0.0726 e. The van der Waals surface area contributed by atoms with Gasteiger partial charge in [-0.05, 0) is 0 Å². The minimum Gasteiger partial charge on any atom is -0.391 e. The van der Waals surface area contributed by atoms with Crippen molar-refractivity contribution in [1.29, 1.82) is 0 Å². The van der Waals surface area contributed by atoms with Gasteiger partial charge in [-0.2, -0.15) is 0 Å². The molecular formula is C3H6BrIO. The summed E-state index contributed by atoms with van der Waals surface area (Å²) in [7, 11) is 0. The fraction of sp³-hybridized carbons (Fsp3) is 1.00. The van der Waals surface area contributed by atoms with Gasteiger partial charge in [0.15, 0.2) is 0 Å². The molecule has 0 aromatic heterocycles. The summed E-state index contributed by atoms with van der Waals surface area (Å²) in [5.41, 5.74) is 0. The van der Waals surface area contributed by atoms with E-state index in [1.165, 1.54) is 0 Å². The Morgan fingerprint density at radius 1 is 1.83 bits per heavy atom. The Hall–Kier alpha value is 1.17. The van der Waals surface area contributed by atoms with Gasteiger partial charge in [0.1, 0.15) is 0 Å². The van der Waals surface area contributed by atoms with Gasteiger partial charge in [-0.1, -0.05) is 38.5 Å². The van der Waals surface area contributed by atoms with Gasteiger partial charge in [0, 0.05) is 9.76 Å². The molecule has 0 heterocycles. The van der Waals surface area contributed by atoms with E-state index in [0.717, 1.165) is 4.43 Å². The molecule has 0 aromatic rings. The highest BCUT2D eigenvalue weighted by molar-refractivity contribution is 14.1. The van der Waals surface area contributed by atoms with Crippen molar-refractivity contribution in [2.75, 3.05) is 9.76 Å². The van der Waals surface area contributed by atoms with E-state index in [2.05, 4.69) is 38.5 Å². The molecular weight excluding hydrogens is 259 g/mol. The van der Waals surface area contributed by atoms with E-state index in [9.17, 15) is 0 Å². The molecule has 0 spiro atoms. The maximum absolute atomic E-state index is 8.61. The van der Waals surface area contributed by atoms with Crippen LogP contribution in [0.2, 0.25) is 0 Å². The Morgan fingerprint density at radius 2 is 2.33 bits per heavy atom. The lowest BCUT2D eigenvalue weighted by molar-refractivity contribution is 0.229. The van der Waals surface area contributed by atoms with Crippen LogP contribution in [0.5, 0.6) is 0 Å². The highest BCUT2D eigenvalue weighted by Gasteiger charge is 1.93. The number of hydrogen-bond acceptors (Lipinski definition) is 1. The number of halogens is 2. The van der Waals surface area contributed by atoms with Gasteiger partial charge in [0.2, 0.25) is 0 Å². The van der Waals surface area contributed by atoms with Crippen LogP contribution in [-0.2, 0) is 0 Å². The number of aliphatic hydroxyl groups excluding tert-OH is 1. The number of hydrogen-bond donors (Lipinski definition) is 1. The predicted octanol–water partition coefficient (Wildman–Crippen LogP) is 1.18. The van der Waals surface area contributed by atoms with Crippen molar-refractivity contribution in [1.82, 2.24) is 0 Å². The quantitative estimate of drug-likeness (QED) is 0.587. The fourth-order valence-corrected chi connectivity index (χ4v) is 1.44. The Balaban J connectivity index is 2.75. The molecule has 0 bridgehead atoms. The number of rotatable bonds is 2. The van der Waals surface area contributed by atoms with Crippen LogP contribution in [-0.4, -0.2) is 21.0 Å². The third kappa shape index (κ3) is 3.36. The summed E-state index contributed by atoms with van der Waals surface area (Å²) in [6.45, 7) is 0. The van der Waals surface area contributed by atoms with Crippen molar-refractivity contribution in [2.24, 2.45) is 0 Å². The molecule has 38 valence electrons. The standard InChI is InChI=1S/C3H6BrIO/c4-1-3(6)2-5/h3,6H,1-2H2. The minimum absolute atomic E-state index is 0.161. The summed E-state index contributed by atoms with van der Waals surface area (Å²) in [4.78, 5) is 0. The molecule has 0 aliphatic heterocycles. The van der Waals surface area contributed by atoms with Gasteiger partial charge in [-0.25, -0.2) is 0 Å². The lowest BCUT2D eigenvalue weighted by atomic mass is 10.5. The van der Waals surface area contributed by atoms with E-state index in [1.54, 1.807) is 0 Å². The summed E-state index contributed by atoms with van der Waals surface area (Å²) in [6.07, 6.45) is -0.161. The highest BCUT2D eigenvalue weighted by atomic mass is 127. The van der Waals surface area contributed by atoms with Crippen LogP contribution in [0.4, 0.5) is 0 Å². The van der Waals surface area contributed by atoms with Crippen LogP contribution in [0, 0.1) is 0 Å². The highest BCUT2D eigenvalue weighted by Crippen LogP contribution is 1.93. The molecule has 0 radical (unpaired) electrons. The molecule has 0 aliphatic rings. The van der Waals surface area contributed by atoms with E-state index in [4.69, 9.17) is 5.11 Å². The molecule has 6 heavy (non-hydrogen) atoms. The van der Waals surface area contributed by atoms with E-state index in [-0.39, 0.29) is 6.10 Å². The largest absolute Gasteiger partial charge is 0.391 e. The first-order chi connectivity index (χ1) is 2.81. The van der Waals surface area contributed by atoms with Crippen molar-refractivity contribution >= 4 is 38.5 Å². The molecule has 1 atom stereocenters. The zero-order valence-corrected chi connectivity index (χ0v) is 6.94. The lowest BCUT2D eigenvalue weighted by Gasteiger charge is -1.95. The van der Waals surface area contributed by atoms with Gasteiger partial charge >= 0.3 is 0 Å². The Morgan fingerprint density at radius 3 is 2.33 bits per heavy atom. The first-order valence-electron chi connectivity index (χ1n) is 1.61. The van der Waals surface area contributed by atoms with Gasteiger partial charge < -0.3 is 5.11 Å². The van der Waals surface area contributed by atoms with E-state index in [1.807, 2.05) is 0 Å². The first-order valence-corrected chi connectivity index (χ1v) is 4.26.